The molecule has 6 heteroatoms. The molecule has 0 spiro atoms. The van der Waals surface area contributed by atoms with Crippen LogP contribution in [0.2, 0.25) is 0 Å². The fourth-order valence-electron chi connectivity index (χ4n) is 3.81. The van der Waals surface area contributed by atoms with E-state index in [1.807, 2.05) is 24.3 Å². The number of rotatable bonds is 7. The van der Waals surface area contributed by atoms with Crippen molar-refractivity contribution in [3.05, 3.63) is 65.9 Å². The molecule has 31 heavy (non-hydrogen) atoms. The highest BCUT2D eigenvalue weighted by Crippen LogP contribution is 2.25. The van der Waals surface area contributed by atoms with E-state index in [9.17, 15) is 4.79 Å². The normalized spacial score (nSPS) is 14.2. The molecular formula is C25H26N4O2. The minimum atomic E-state index is -0.140. The van der Waals surface area contributed by atoms with Gasteiger partial charge in [-0.15, -0.1) is 0 Å². The molecule has 1 amide bonds. The van der Waals surface area contributed by atoms with Crippen molar-refractivity contribution in [2.45, 2.75) is 25.7 Å². The number of fused-ring (bicyclic) bond motifs is 1. The first-order valence-electron chi connectivity index (χ1n) is 10.8. The summed E-state index contributed by atoms with van der Waals surface area (Å²) in [7, 11) is 0. The SMILES string of the molecule is N#Cc1ccc(Oc2ccc3nc(C(=O)NCCCN4CCCCC4)ccc3c2)cc1. The van der Waals surface area contributed by atoms with Crippen molar-refractivity contribution >= 4 is 16.8 Å². The van der Waals surface area contributed by atoms with E-state index in [1.165, 1.54) is 32.4 Å². The summed E-state index contributed by atoms with van der Waals surface area (Å²) in [6, 6.07) is 18.2. The third-order valence-electron chi connectivity index (χ3n) is 5.50. The van der Waals surface area contributed by atoms with Gasteiger partial charge in [0.2, 0.25) is 0 Å². The second-order valence-corrected chi connectivity index (χ2v) is 7.80. The van der Waals surface area contributed by atoms with E-state index < -0.39 is 0 Å². The largest absolute Gasteiger partial charge is 0.457 e. The number of ether oxygens (including phenoxy) is 1. The molecule has 6 nitrogen and oxygen atoms in total. The van der Waals surface area contributed by atoms with Gasteiger partial charge in [-0.2, -0.15) is 5.26 Å². The first-order valence-corrected chi connectivity index (χ1v) is 10.8. The summed E-state index contributed by atoms with van der Waals surface area (Å²) in [5.74, 6) is 1.19. The number of likely N-dealkylation sites (tertiary alicyclic amines) is 1. The van der Waals surface area contributed by atoms with Gasteiger partial charge >= 0.3 is 0 Å². The predicted octanol–water partition coefficient (Wildman–Crippen LogP) is 4.50. The summed E-state index contributed by atoms with van der Waals surface area (Å²) >= 11 is 0. The van der Waals surface area contributed by atoms with E-state index in [2.05, 4.69) is 21.3 Å². The molecule has 0 unspecified atom stereocenters. The van der Waals surface area contributed by atoms with Crippen molar-refractivity contribution in [1.29, 1.82) is 5.26 Å². The van der Waals surface area contributed by atoms with E-state index in [0.717, 1.165) is 23.9 Å². The number of amides is 1. The number of nitriles is 1. The highest BCUT2D eigenvalue weighted by molar-refractivity contribution is 5.95. The zero-order valence-electron chi connectivity index (χ0n) is 17.5. The van der Waals surface area contributed by atoms with Crippen LogP contribution in [-0.4, -0.2) is 42.0 Å². The number of hydrogen-bond donors (Lipinski definition) is 1. The first kappa shape index (κ1) is 20.8. The lowest BCUT2D eigenvalue weighted by atomic mass is 10.1. The molecule has 0 aliphatic carbocycles. The Kier molecular flexibility index (Phi) is 6.75. The highest BCUT2D eigenvalue weighted by Gasteiger charge is 2.11. The van der Waals surface area contributed by atoms with Crippen LogP contribution in [0.3, 0.4) is 0 Å². The van der Waals surface area contributed by atoms with Crippen LogP contribution >= 0.6 is 0 Å². The number of carbonyl (C=O) groups excluding carboxylic acids is 1. The molecule has 0 atom stereocenters. The number of hydrogen-bond acceptors (Lipinski definition) is 5. The second kappa shape index (κ2) is 10.1. The minimum absolute atomic E-state index is 0.140. The van der Waals surface area contributed by atoms with Crippen molar-refractivity contribution in [1.82, 2.24) is 15.2 Å². The van der Waals surface area contributed by atoms with Crippen molar-refractivity contribution in [3.63, 3.8) is 0 Å². The number of aromatic nitrogens is 1. The molecule has 1 N–H and O–H groups in total. The molecule has 1 aromatic heterocycles. The van der Waals surface area contributed by atoms with Gasteiger partial charge < -0.3 is 15.0 Å². The standard InChI is InChI=1S/C25H26N4O2/c26-18-19-5-8-21(9-6-19)31-22-10-12-23-20(17-22)7-11-24(28-23)25(30)27-13-4-16-29-14-2-1-3-15-29/h5-12,17H,1-4,13-16H2,(H,27,30). The number of piperidine rings is 1. The van der Waals surface area contributed by atoms with Crippen LogP contribution < -0.4 is 10.1 Å². The molecule has 3 aromatic rings. The number of nitrogens with zero attached hydrogens (tertiary/aromatic N) is 3. The average Bonchev–Trinajstić information content (AvgIpc) is 2.82. The molecule has 0 bridgehead atoms. The third kappa shape index (κ3) is 5.59. The molecule has 0 saturated carbocycles. The summed E-state index contributed by atoms with van der Waals surface area (Å²) in [6.45, 7) is 4.05. The van der Waals surface area contributed by atoms with Crippen LogP contribution in [0.1, 0.15) is 41.7 Å². The molecule has 158 valence electrons. The van der Waals surface area contributed by atoms with Crippen molar-refractivity contribution < 1.29 is 9.53 Å². The van der Waals surface area contributed by atoms with Gasteiger partial charge in [-0.25, -0.2) is 4.98 Å². The first-order chi connectivity index (χ1) is 15.2. The Morgan fingerprint density at radius 3 is 2.58 bits per heavy atom. The van der Waals surface area contributed by atoms with Gasteiger partial charge in [-0.05, 0) is 87.4 Å². The molecule has 1 aliphatic rings. The molecule has 1 fully saturated rings. The number of carbonyl (C=O) groups is 1. The van der Waals surface area contributed by atoms with Gasteiger partial charge in [0.1, 0.15) is 17.2 Å². The highest BCUT2D eigenvalue weighted by atomic mass is 16.5. The molecular weight excluding hydrogens is 388 g/mol. The van der Waals surface area contributed by atoms with Crippen LogP contribution in [0.4, 0.5) is 0 Å². The Hall–Kier alpha value is -3.43. The number of nitrogens with one attached hydrogen (secondary N) is 1. The molecule has 1 aliphatic heterocycles. The van der Waals surface area contributed by atoms with Crippen molar-refractivity contribution in [2.24, 2.45) is 0 Å². The molecule has 2 aromatic carbocycles. The average molecular weight is 415 g/mol. The van der Waals surface area contributed by atoms with E-state index in [4.69, 9.17) is 10.00 Å². The van der Waals surface area contributed by atoms with Gasteiger partial charge in [0.05, 0.1) is 17.1 Å². The van der Waals surface area contributed by atoms with Gasteiger partial charge in [0, 0.05) is 11.9 Å². The quantitative estimate of drug-likeness (QED) is 0.576. The van der Waals surface area contributed by atoms with Crippen molar-refractivity contribution in [2.75, 3.05) is 26.2 Å². The summed E-state index contributed by atoms with van der Waals surface area (Å²) in [6.07, 6.45) is 4.86. The Balaban J connectivity index is 1.33. The maximum absolute atomic E-state index is 12.5. The molecule has 0 radical (unpaired) electrons. The fraction of sp³-hybridized carbons (Fsp3) is 0.320. The smallest absolute Gasteiger partial charge is 0.269 e. The van der Waals surface area contributed by atoms with E-state index in [0.29, 0.717) is 29.3 Å². The lowest BCUT2D eigenvalue weighted by Gasteiger charge is -2.26. The fourth-order valence-corrected chi connectivity index (χ4v) is 3.81. The zero-order chi connectivity index (χ0) is 21.5. The Morgan fingerprint density at radius 1 is 1.03 bits per heavy atom. The minimum Gasteiger partial charge on any atom is -0.457 e. The summed E-state index contributed by atoms with van der Waals surface area (Å²) in [4.78, 5) is 19.4. The Morgan fingerprint density at radius 2 is 1.81 bits per heavy atom. The third-order valence-corrected chi connectivity index (χ3v) is 5.50. The zero-order valence-corrected chi connectivity index (χ0v) is 17.5. The van der Waals surface area contributed by atoms with Crippen LogP contribution in [0.25, 0.3) is 10.9 Å². The topological polar surface area (TPSA) is 78.2 Å². The Bertz CT molecular complexity index is 1080. The number of pyridine rings is 1. The van der Waals surface area contributed by atoms with Crippen LogP contribution in [0.5, 0.6) is 11.5 Å². The molecule has 1 saturated heterocycles. The Labute approximate surface area is 182 Å². The number of benzene rings is 2. The predicted molar refractivity (Wildman–Crippen MR) is 120 cm³/mol. The summed E-state index contributed by atoms with van der Waals surface area (Å²) in [5, 5.41) is 12.8. The van der Waals surface area contributed by atoms with E-state index in [-0.39, 0.29) is 5.91 Å². The van der Waals surface area contributed by atoms with Crippen LogP contribution in [-0.2, 0) is 0 Å². The molecule has 4 rings (SSSR count). The van der Waals surface area contributed by atoms with Gasteiger partial charge in [0.15, 0.2) is 0 Å². The van der Waals surface area contributed by atoms with Crippen molar-refractivity contribution in [3.8, 4) is 17.6 Å². The maximum Gasteiger partial charge on any atom is 0.269 e. The molecule has 2 heterocycles. The summed E-state index contributed by atoms with van der Waals surface area (Å²) in [5.41, 5.74) is 1.76. The van der Waals surface area contributed by atoms with Crippen LogP contribution in [0, 0.1) is 11.3 Å². The summed E-state index contributed by atoms with van der Waals surface area (Å²) < 4.78 is 5.86. The van der Waals surface area contributed by atoms with Gasteiger partial charge in [0.25, 0.3) is 5.91 Å². The van der Waals surface area contributed by atoms with Crippen LogP contribution in [0.15, 0.2) is 54.6 Å². The van der Waals surface area contributed by atoms with E-state index in [1.54, 1.807) is 30.3 Å². The lowest BCUT2D eigenvalue weighted by Crippen LogP contribution is -2.33. The second-order valence-electron chi connectivity index (χ2n) is 7.80. The lowest BCUT2D eigenvalue weighted by molar-refractivity contribution is 0.0946. The van der Waals surface area contributed by atoms with E-state index >= 15 is 0 Å². The van der Waals surface area contributed by atoms with Gasteiger partial charge in [-0.3, -0.25) is 4.79 Å². The maximum atomic E-state index is 12.5. The van der Waals surface area contributed by atoms with Gasteiger partial charge in [-0.1, -0.05) is 12.5 Å². The monoisotopic (exact) mass is 414 g/mol.